The van der Waals surface area contributed by atoms with Gasteiger partial charge >= 0.3 is 5.97 Å². The number of carbonyl (C=O) groups excluding carboxylic acids is 1. The van der Waals surface area contributed by atoms with Crippen LogP contribution in [0.25, 0.3) is 0 Å². The molecule has 0 saturated heterocycles. The molecule has 1 aliphatic rings. The van der Waals surface area contributed by atoms with Crippen LogP contribution in [0.2, 0.25) is 0 Å². The van der Waals surface area contributed by atoms with Crippen LogP contribution < -0.4 is 5.32 Å². The number of aliphatic hydroxyl groups excluding tert-OH is 1. The van der Waals surface area contributed by atoms with Crippen molar-refractivity contribution in [1.82, 2.24) is 5.32 Å². The summed E-state index contributed by atoms with van der Waals surface area (Å²) in [6, 6.07) is 0. The van der Waals surface area contributed by atoms with E-state index in [1.807, 2.05) is 13.8 Å². The Balaban J connectivity index is 2.29. The summed E-state index contributed by atoms with van der Waals surface area (Å²) in [6.45, 7) is 4.45. The van der Waals surface area contributed by atoms with E-state index in [1.54, 1.807) is 0 Å². The van der Waals surface area contributed by atoms with Crippen LogP contribution in [0.1, 0.15) is 26.7 Å². The van der Waals surface area contributed by atoms with Gasteiger partial charge in [0.2, 0.25) is 5.91 Å². The minimum absolute atomic E-state index is 0.0874. The number of carboxylic acids is 1. The third-order valence-electron chi connectivity index (χ3n) is 2.97. The molecule has 1 saturated carbocycles. The SMILES string of the molecule is CC(C)(CCO)CNC(=O)C1CC1C(=O)O. The van der Waals surface area contributed by atoms with E-state index in [1.165, 1.54) is 0 Å². The van der Waals surface area contributed by atoms with Crippen molar-refractivity contribution < 1.29 is 19.8 Å². The number of amides is 1. The Hall–Kier alpha value is -1.10. The van der Waals surface area contributed by atoms with Gasteiger partial charge in [0.25, 0.3) is 0 Å². The van der Waals surface area contributed by atoms with Crippen molar-refractivity contribution in [3.8, 4) is 0 Å². The fourth-order valence-corrected chi connectivity index (χ4v) is 1.61. The molecule has 1 fully saturated rings. The molecule has 5 heteroatoms. The van der Waals surface area contributed by atoms with E-state index in [0.717, 1.165) is 0 Å². The lowest BCUT2D eigenvalue weighted by molar-refractivity contribution is -0.140. The number of aliphatic hydroxyl groups is 1. The highest BCUT2D eigenvalue weighted by Crippen LogP contribution is 2.38. The van der Waals surface area contributed by atoms with Gasteiger partial charge in [-0.25, -0.2) is 0 Å². The van der Waals surface area contributed by atoms with Gasteiger partial charge in [-0.1, -0.05) is 13.8 Å². The van der Waals surface area contributed by atoms with Gasteiger partial charge in [-0.05, 0) is 18.3 Å². The topological polar surface area (TPSA) is 86.6 Å². The number of aliphatic carboxylic acids is 1. The molecular formula is C11H19NO4. The van der Waals surface area contributed by atoms with Crippen LogP contribution in [0.5, 0.6) is 0 Å². The maximum absolute atomic E-state index is 11.5. The van der Waals surface area contributed by atoms with Crippen molar-refractivity contribution in [3.63, 3.8) is 0 Å². The Bertz CT molecular complexity index is 288. The summed E-state index contributed by atoms with van der Waals surface area (Å²) in [5, 5.41) is 20.2. The van der Waals surface area contributed by atoms with E-state index in [2.05, 4.69) is 5.32 Å². The van der Waals surface area contributed by atoms with Crippen molar-refractivity contribution >= 4 is 11.9 Å². The maximum atomic E-state index is 11.5. The highest BCUT2D eigenvalue weighted by molar-refractivity contribution is 5.89. The zero-order chi connectivity index (χ0) is 12.3. The molecule has 0 aromatic rings. The van der Waals surface area contributed by atoms with Crippen molar-refractivity contribution in [2.75, 3.05) is 13.2 Å². The Morgan fingerprint density at radius 2 is 2.00 bits per heavy atom. The molecule has 0 spiro atoms. The lowest BCUT2D eigenvalue weighted by atomic mass is 9.90. The second-order valence-electron chi connectivity index (χ2n) is 5.14. The van der Waals surface area contributed by atoms with Gasteiger partial charge < -0.3 is 15.5 Å². The van der Waals surface area contributed by atoms with Crippen LogP contribution in [0.15, 0.2) is 0 Å². The minimum Gasteiger partial charge on any atom is -0.481 e. The predicted octanol–water partition coefficient (Wildman–Crippen LogP) is 0.232. The molecule has 0 aliphatic heterocycles. The standard InChI is InChI=1S/C11H19NO4/c1-11(2,3-4-13)6-12-9(14)7-5-8(7)10(15)16/h7-8,13H,3-6H2,1-2H3,(H,12,14)(H,15,16). The molecule has 92 valence electrons. The van der Waals surface area contributed by atoms with Gasteiger partial charge in [-0.2, -0.15) is 0 Å². The third-order valence-corrected chi connectivity index (χ3v) is 2.97. The molecule has 0 radical (unpaired) electrons. The summed E-state index contributed by atoms with van der Waals surface area (Å²) < 4.78 is 0. The quantitative estimate of drug-likeness (QED) is 0.608. The van der Waals surface area contributed by atoms with E-state index in [-0.39, 0.29) is 23.8 Å². The lowest BCUT2D eigenvalue weighted by Crippen LogP contribution is -2.35. The number of hydrogen-bond donors (Lipinski definition) is 3. The van der Waals surface area contributed by atoms with E-state index in [9.17, 15) is 9.59 Å². The largest absolute Gasteiger partial charge is 0.481 e. The van der Waals surface area contributed by atoms with Gasteiger partial charge in [-0.15, -0.1) is 0 Å². The van der Waals surface area contributed by atoms with Crippen molar-refractivity contribution in [2.45, 2.75) is 26.7 Å². The van der Waals surface area contributed by atoms with E-state index in [4.69, 9.17) is 10.2 Å². The molecule has 5 nitrogen and oxygen atoms in total. The van der Waals surface area contributed by atoms with Crippen molar-refractivity contribution in [1.29, 1.82) is 0 Å². The maximum Gasteiger partial charge on any atom is 0.307 e. The van der Waals surface area contributed by atoms with Crippen LogP contribution in [-0.2, 0) is 9.59 Å². The fraction of sp³-hybridized carbons (Fsp3) is 0.818. The van der Waals surface area contributed by atoms with Crippen LogP contribution in [-0.4, -0.2) is 35.2 Å². The second kappa shape index (κ2) is 4.82. The van der Waals surface area contributed by atoms with Crippen LogP contribution in [0.3, 0.4) is 0 Å². The molecule has 2 unspecified atom stereocenters. The Labute approximate surface area is 94.8 Å². The molecular weight excluding hydrogens is 210 g/mol. The van der Waals surface area contributed by atoms with Crippen LogP contribution in [0.4, 0.5) is 0 Å². The summed E-state index contributed by atoms with van der Waals surface area (Å²) in [7, 11) is 0. The first-order chi connectivity index (χ1) is 7.37. The summed E-state index contributed by atoms with van der Waals surface area (Å²) in [5.74, 6) is -1.93. The average Bonchev–Trinajstić information content (AvgIpc) is 2.93. The molecule has 16 heavy (non-hydrogen) atoms. The van der Waals surface area contributed by atoms with Crippen molar-refractivity contribution in [3.05, 3.63) is 0 Å². The second-order valence-corrected chi connectivity index (χ2v) is 5.14. The van der Waals surface area contributed by atoms with Gasteiger partial charge in [0.15, 0.2) is 0 Å². The number of nitrogens with one attached hydrogen (secondary N) is 1. The highest BCUT2D eigenvalue weighted by Gasteiger charge is 2.48. The van der Waals surface area contributed by atoms with E-state index >= 15 is 0 Å². The molecule has 0 aromatic heterocycles. The molecule has 0 bridgehead atoms. The molecule has 1 amide bonds. The van der Waals surface area contributed by atoms with Gasteiger partial charge in [-0.3, -0.25) is 9.59 Å². The Morgan fingerprint density at radius 3 is 2.44 bits per heavy atom. The zero-order valence-corrected chi connectivity index (χ0v) is 9.69. The first-order valence-electron chi connectivity index (χ1n) is 5.49. The number of carbonyl (C=O) groups is 2. The normalized spacial score (nSPS) is 23.9. The van der Waals surface area contributed by atoms with Gasteiger partial charge in [0, 0.05) is 13.2 Å². The summed E-state index contributed by atoms with van der Waals surface area (Å²) in [5.41, 5.74) is -0.155. The molecule has 1 aliphatic carbocycles. The average molecular weight is 229 g/mol. The predicted molar refractivity (Wildman–Crippen MR) is 57.7 cm³/mol. The summed E-state index contributed by atoms with van der Waals surface area (Å²) in [6.07, 6.45) is 1.06. The number of rotatable bonds is 6. The molecule has 2 atom stereocenters. The molecule has 1 rings (SSSR count). The highest BCUT2D eigenvalue weighted by atomic mass is 16.4. The molecule has 3 N–H and O–H groups in total. The smallest absolute Gasteiger partial charge is 0.307 e. The first kappa shape index (κ1) is 13.0. The number of hydrogen-bond acceptors (Lipinski definition) is 3. The zero-order valence-electron chi connectivity index (χ0n) is 9.69. The first-order valence-corrected chi connectivity index (χ1v) is 5.49. The molecule has 0 aromatic carbocycles. The fourth-order valence-electron chi connectivity index (χ4n) is 1.61. The summed E-state index contributed by atoms with van der Waals surface area (Å²) in [4.78, 5) is 22.1. The van der Waals surface area contributed by atoms with Crippen molar-refractivity contribution in [2.24, 2.45) is 17.3 Å². The van der Waals surface area contributed by atoms with Crippen LogP contribution >= 0.6 is 0 Å². The Kier molecular flexibility index (Phi) is 3.91. The van der Waals surface area contributed by atoms with Gasteiger partial charge in [0.05, 0.1) is 11.8 Å². The van der Waals surface area contributed by atoms with Gasteiger partial charge in [0.1, 0.15) is 0 Å². The summed E-state index contributed by atoms with van der Waals surface area (Å²) >= 11 is 0. The minimum atomic E-state index is -0.894. The molecule has 0 heterocycles. The number of carboxylic acid groups (broad SMARTS) is 1. The third kappa shape index (κ3) is 3.48. The monoisotopic (exact) mass is 229 g/mol. The van der Waals surface area contributed by atoms with Crippen LogP contribution in [0, 0.1) is 17.3 Å². The lowest BCUT2D eigenvalue weighted by Gasteiger charge is -2.23. The van der Waals surface area contributed by atoms with E-state index < -0.39 is 11.9 Å². The Morgan fingerprint density at radius 1 is 1.38 bits per heavy atom. The van der Waals surface area contributed by atoms with E-state index in [0.29, 0.717) is 19.4 Å².